The number of rotatable bonds is 6. The van der Waals surface area contributed by atoms with Gasteiger partial charge in [0.25, 0.3) is 11.6 Å². The van der Waals surface area contributed by atoms with Crippen LogP contribution in [-0.4, -0.2) is 44.1 Å². The maximum atomic E-state index is 11.9. The van der Waals surface area contributed by atoms with Crippen molar-refractivity contribution >= 4 is 11.6 Å². The Morgan fingerprint density at radius 3 is 2.95 bits per heavy atom. The van der Waals surface area contributed by atoms with E-state index in [2.05, 4.69) is 15.6 Å². The van der Waals surface area contributed by atoms with E-state index in [9.17, 15) is 14.9 Å². The number of aliphatic hydroxyl groups excluding tert-OH is 1. The highest BCUT2D eigenvalue weighted by Gasteiger charge is 2.18. The zero-order valence-electron chi connectivity index (χ0n) is 11.9. The van der Waals surface area contributed by atoms with E-state index in [-0.39, 0.29) is 18.0 Å². The second-order valence-electron chi connectivity index (χ2n) is 4.55. The first kappa shape index (κ1) is 15.6. The predicted octanol–water partition coefficient (Wildman–Crippen LogP) is 0.596. The zero-order valence-corrected chi connectivity index (χ0v) is 11.9. The third-order valence-electron chi connectivity index (χ3n) is 3.02. The lowest BCUT2D eigenvalue weighted by atomic mass is 10.2. The lowest BCUT2D eigenvalue weighted by molar-refractivity contribution is -0.384. The second kappa shape index (κ2) is 6.76. The molecule has 0 aliphatic carbocycles. The van der Waals surface area contributed by atoms with Crippen LogP contribution in [0.2, 0.25) is 0 Å². The van der Waals surface area contributed by atoms with E-state index in [1.54, 1.807) is 13.0 Å². The Kier molecular flexibility index (Phi) is 4.79. The van der Waals surface area contributed by atoms with Gasteiger partial charge in [-0.2, -0.15) is 0 Å². The molecule has 0 bridgehead atoms. The van der Waals surface area contributed by atoms with E-state index in [0.29, 0.717) is 24.3 Å². The highest BCUT2D eigenvalue weighted by Crippen LogP contribution is 2.18. The average Bonchev–Trinajstić information content (AvgIpc) is 2.89. The van der Waals surface area contributed by atoms with Gasteiger partial charge >= 0.3 is 0 Å². The first-order valence-electron chi connectivity index (χ1n) is 6.60. The Labute approximate surface area is 125 Å². The molecule has 0 saturated carbocycles. The number of hydrogen-bond acceptors (Lipinski definition) is 6. The Balaban J connectivity index is 2.25. The van der Waals surface area contributed by atoms with Crippen molar-refractivity contribution in [1.29, 1.82) is 0 Å². The van der Waals surface area contributed by atoms with E-state index in [0.717, 1.165) is 0 Å². The summed E-state index contributed by atoms with van der Waals surface area (Å²) in [5.41, 5.74) is 1.00. The van der Waals surface area contributed by atoms with E-state index in [4.69, 9.17) is 5.11 Å². The van der Waals surface area contributed by atoms with Gasteiger partial charge in [0.15, 0.2) is 5.69 Å². The molecule has 1 amide bonds. The Bertz CT molecular complexity index is 697. The van der Waals surface area contributed by atoms with Gasteiger partial charge in [-0.15, -0.1) is 5.10 Å². The fourth-order valence-corrected chi connectivity index (χ4v) is 1.89. The number of hydrogen-bond donors (Lipinski definition) is 2. The molecule has 1 aromatic carbocycles. The third kappa shape index (κ3) is 3.26. The number of nitrogens with zero attached hydrogens (tertiary/aromatic N) is 4. The molecule has 9 heteroatoms. The molecule has 9 nitrogen and oxygen atoms in total. The molecular weight excluding hydrogens is 290 g/mol. The van der Waals surface area contributed by atoms with Gasteiger partial charge in [-0.05, 0) is 19.4 Å². The Morgan fingerprint density at radius 1 is 1.50 bits per heavy atom. The predicted molar refractivity (Wildman–Crippen MR) is 76.8 cm³/mol. The van der Waals surface area contributed by atoms with Crippen LogP contribution in [0, 0.1) is 17.0 Å². The van der Waals surface area contributed by atoms with Gasteiger partial charge in [0.2, 0.25) is 0 Å². The molecule has 0 atom stereocenters. The number of aromatic nitrogens is 3. The van der Waals surface area contributed by atoms with Gasteiger partial charge in [0.05, 0.1) is 16.3 Å². The highest BCUT2D eigenvalue weighted by molar-refractivity contribution is 5.93. The van der Waals surface area contributed by atoms with Gasteiger partial charge in [0.1, 0.15) is 0 Å². The normalized spacial score (nSPS) is 10.5. The fraction of sp³-hybridized carbons (Fsp3) is 0.308. The summed E-state index contributed by atoms with van der Waals surface area (Å²) in [4.78, 5) is 22.2. The van der Waals surface area contributed by atoms with Crippen LogP contribution in [-0.2, 0) is 0 Å². The van der Waals surface area contributed by atoms with Crippen LogP contribution in [0.25, 0.3) is 5.69 Å². The number of nitro benzene ring substituents is 1. The quantitative estimate of drug-likeness (QED) is 0.457. The maximum absolute atomic E-state index is 11.9. The van der Waals surface area contributed by atoms with Crippen LogP contribution in [0.5, 0.6) is 0 Å². The molecule has 116 valence electrons. The number of amides is 1. The Hall–Kier alpha value is -2.81. The molecule has 22 heavy (non-hydrogen) atoms. The molecule has 1 heterocycles. The summed E-state index contributed by atoms with van der Waals surface area (Å²) in [6.45, 7) is 1.97. The molecule has 2 aromatic rings. The first-order chi connectivity index (χ1) is 10.5. The number of carbonyl (C=O) groups excluding carboxylic acids is 1. The fourth-order valence-electron chi connectivity index (χ4n) is 1.89. The SMILES string of the molecule is Cc1c(C(=O)NCCCO)nnn1-c1cccc([N+](=O)[O-])c1. The monoisotopic (exact) mass is 305 g/mol. The third-order valence-corrected chi connectivity index (χ3v) is 3.02. The Morgan fingerprint density at radius 2 is 2.27 bits per heavy atom. The lowest BCUT2D eigenvalue weighted by Gasteiger charge is -2.04. The van der Waals surface area contributed by atoms with Crippen LogP contribution in [0.15, 0.2) is 24.3 Å². The van der Waals surface area contributed by atoms with Crippen molar-refractivity contribution in [2.75, 3.05) is 13.2 Å². The number of nitrogens with one attached hydrogen (secondary N) is 1. The summed E-state index contributed by atoms with van der Waals surface area (Å²) in [6, 6.07) is 5.91. The molecular formula is C13H15N5O4. The van der Waals surface area contributed by atoms with Crippen LogP contribution in [0.4, 0.5) is 5.69 Å². The number of carbonyl (C=O) groups is 1. The van der Waals surface area contributed by atoms with Crippen molar-refractivity contribution < 1.29 is 14.8 Å². The van der Waals surface area contributed by atoms with Crippen LogP contribution < -0.4 is 5.32 Å². The van der Waals surface area contributed by atoms with Crippen molar-refractivity contribution in [2.24, 2.45) is 0 Å². The first-order valence-corrected chi connectivity index (χ1v) is 6.60. The summed E-state index contributed by atoms with van der Waals surface area (Å²) in [5.74, 6) is -0.400. The molecule has 0 radical (unpaired) electrons. The molecule has 2 rings (SSSR count). The van der Waals surface area contributed by atoms with E-state index >= 15 is 0 Å². The van der Waals surface area contributed by atoms with Crippen molar-refractivity contribution in [3.63, 3.8) is 0 Å². The lowest BCUT2D eigenvalue weighted by Crippen LogP contribution is -2.26. The molecule has 0 fully saturated rings. The molecule has 0 spiro atoms. The minimum Gasteiger partial charge on any atom is -0.396 e. The minimum atomic E-state index is -0.502. The molecule has 0 aliphatic rings. The van der Waals surface area contributed by atoms with Gasteiger partial charge in [-0.1, -0.05) is 11.3 Å². The van der Waals surface area contributed by atoms with Crippen LogP contribution in [0.3, 0.4) is 0 Å². The number of benzene rings is 1. The van der Waals surface area contributed by atoms with E-state index in [1.807, 2.05) is 0 Å². The van der Waals surface area contributed by atoms with E-state index < -0.39 is 10.8 Å². The molecule has 0 unspecified atom stereocenters. The summed E-state index contributed by atoms with van der Waals surface area (Å²) < 4.78 is 1.37. The number of non-ortho nitro benzene ring substituents is 1. The summed E-state index contributed by atoms with van der Waals surface area (Å²) in [6.07, 6.45) is 0.448. The standard InChI is InChI=1S/C13H15N5O4/c1-9-12(13(20)14-6-3-7-19)15-16-17(9)10-4-2-5-11(8-10)18(21)22/h2,4-5,8,19H,3,6-7H2,1H3,(H,14,20). The van der Waals surface area contributed by atoms with Gasteiger partial charge in [0, 0.05) is 25.3 Å². The number of aliphatic hydroxyl groups is 1. The number of nitro groups is 1. The average molecular weight is 305 g/mol. The summed E-state index contributed by atoms with van der Waals surface area (Å²) in [5, 5.41) is 29.8. The van der Waals surface area contributed by atoms with E-state index in [1.165, 1.54) is 22.9 Å². The van der Waals surface area contributed by atoms with Crippen molar-refractivity contribution in [3.8, 4) is 5.69 Å². The van der Waals surface area contributed by atoms with Gasteiger partial charge in [-0.3, -0.25) is 14.9 Å². The molecule has 1 aromatic heterocycles. The minimum absolute atomic E-state index is 0.0143. The summed E-state index contributed by atoms with van der Waals surface area (Å²) in [7, 11) is 0. The molecule has 0 saturated heterocycles. The smallest absolute Gasteiger partial charge is 0.273 e. The molecule has 2 N–H and O–H groups in total. The topological polar surface area (TPSA) is 123 Å². The highest BCUT2D eigenvalue weighted by atomic mass is 16.6. The largest absolute Gasteiger partial charge is 0.396 e. The zero-order chi connectivity index (χ0) is 16.1. The maximum Gasteiger partial charge on any atom is 0.273 e. The second-order valence-corrected chi connectivity index (χ2v) is 4.55. The summed E-state index contributed by atoms with van der Waals surface area (Å²) >= 11 is 0. The van der Waals surface area contributed by atoms with Crippen molar-refractivity contribution in [3.05, 3.63) is 45.8 Å². The van der Waals surface area contributed by atoms with Crippen LogP contribution in [0.1, 0.15) is 22.6 Å². The van der Waals surface area contributed by atoms with Gasteiger partial charge < -0.3 is 10.4 Å². The van der Waals surface area contributed by atoms with Crippen molar-refractivity contribution in [1.82, 2.24) is 20.3 Å². The molecule has 0 aliphatic heterocycles. The van der Waals surface area contributed by atoms with Crippen molar-refractivity contribution in [2.45, 2.75) is 13.3 Å². The van der Waals surface area contributed by atoms with Crippen LogP contribution >= 0.6 is 0 Å². The van der Waals surface area contributed by atoms with Gasteiger partial charge in [-0.25, -0.2) is 4.68 Å².